The van der Waals surface area contributed by atoms with Gasteiger partial charge in [0.2, 0.25) is 0 Å². The van der Waals surface area contributed by atoms with Gasteiger partial charge in [0, 0.05) is 10.0 Å². The third kappa shape index (κ3) is 3.62. The van der Waals surface area contributed by atoms with Gasteiger partial charge < -0.3 is 9.30 Å². The van der Waals surface area contributed by atoms with Crippen molar-refractivity contribution in [2.45, 2.75) is 6.54 Å². The molecule has 0 atom stereocenters. The van der Waals surface area contributed by atoms with Crippen LogP contribution in [0, 0.1) is 0 Å². The number of benzene rings is 2. The second-order valence-corrected chi connectivity index (χ2v) is 5.96. The molecule has 122 valence electrons. The van der Waals surface area contributed by atoms with Crippen molar-refractivity contribution >= 4 is 39.1 Å². The van der Waals surface area contributed by atoms with Crippen molar-refractivity contribution in [2.75, 3.05) is 7.11 Å². The SMILES string of the molecule is COc1ccc(Br)cc1C=NNC(=O)Cn1cnc2ccccc21. The van der Waals surface area contributed by atoms with Crippen LogP contribution in [0.5, 0.6) is 5.75 Å². The molecule has 0 aliphatic rings. The monoisotopic (exact) mass is 386 g/mol. The summed E-state index contributed by atoms with van der Waals surface area (Å²) in [6.45, 7) is 0.146. The molecule has 3 rings (SSSR count). The molecule has 0 bridgehead atoms. The quantitative estimate of drug-likeness (QED) is 0.541. The van der Waals surface area contributed by atoms with Crippen molar-refractivity contribution in [1.82, 2.24) is 15.0 Å². The lowest BCUT2D eigenvalue weighted by Gasteiger charge is -2.05. The molecule has 7 heteroatoms. The third-order valence-electron chi connectivity index (χ3n) is 3.43. The van der Waals surface area contributed by atoms with Crippen molar-refractivity contribution < 1.29 is 9.53 Å². The van der Waals surface area contributed by atoms with E-state index >= 15 is 0 Å². The highest BCUT2D eigenvalue weighted by atomic mass is 79.9. The van der Waals surface area contributed by atoms with Crippen LogP contribution in [-0.4, -0.2) is 28.8 Å². The van der Waals surface area contributed by atoms with Crippen molar-refractivity contribution in [3.63, 3.8) is 0 Å². The Hall–Kier alpha value is -2.67. The van der Waals surface area contributed by atoms with Crippen LogP contribution in [0.25, 0.3) is 11.0 Å². The van der Waals surface area contributed by atoms with Gasteiger partial charge in [-0.1, -0.05) is 28.1 Å². The minimum atomic E-state index is -0.233. The van der Waals surface area contributed by atoms with Gasteiger partial charge in [-0.05, 0) is 30.3 Å². The summed E-state index contributed by atoms with van der Waals surface area (Å²) in [5.41, 5.74) is 5.04. The zero-order chi connectivity index (χ0) is 16.9. The molecular weight excluding hydrogens is 372 g/mol. The second kappa shape index (κ2) is 7.27. The summed E-state index contributed by atoms with van der Waals surface area (Å²) < 4.78 is 7.94. The van der Waals surface area contributed by atoms with E-state index in [4.69, 9.17) is 4.74 Å². The molecule has 0 saturated carbocycles. The van der Waals surface area contributed by atoms with E-state index in [1.165, 1.54) is 0 Å². The Kier molecular flexibility index (Phi) is 4.90. The van der Waals surface area contributed by atoms with E-state index in [1.54, 1.807) is 24.2 Å². The molecule has 0 unspecified atom stereocenters. The Morgan fingerprint density at radius 1 is 1.38 bits per heavy atom. The summed E-state index contributed by atoms with van der Waals surface area (Å²) >= 11 is 3.39. The van der Waals surface area contributed by atoms with Crippen LogP contribution in [0.3, 0.4) is 0 Å². The van der Waals surface area contributed by atoms with E-state index in [2.05, 4.69) is 31.4 Å². The molecule has 3 aromatic rings. The minimum absolute atomic E-state index is 0.146. The van der Waals surface area contributed by atoms with Crippen molar-refractivity contribution in [1.29, 1.82) is 0 Å². The number of nitrogens with zero attached hydrogens (tertiary/aromatic N) is 3. The molecule has 2 aromatic carbocycles. The van der Waals surface area contributed by atoms with Crippen LogP contribution in [0.4, 0.5) is 0 Å². The van der Waals surface area contributed by atoms with Crippen LogP contribution < -0.4 is 10.2 Å². The number of nitrogens with one attached hydrogen (secondary N) is 1. The lowest BCUT2D eigenvalue weighted by atomic mass is 10.2. The Morgan fingerprint density at radius 2 is 2.21 bits per heavy atom. The smallest absolute Gasteiger partial charge is 0.260 e. The van der Waals surface area contributed by atoms with Crippen LogP contribution >= 0.6 is 15.9 Å². The Bertz CT molecular complexity index is 904. The summed E-state index contributed by atoms with van der Waals surface area (Å²) in [6, 6.07) is 13.2. The summed E-state index contributed by atoms with van der Waals surface area (Å²) in [5.74, 6) is 0.445. The predicted molar refractivity (Wildman–Crippen MR) is 96.2 cm³/mol. The minimum Gasteiger partial charge on any atom is -0.496 e. The van der Waals surface area contributed by atoms with E-state index in [1.807, 2.05) is 42.5 Å². The number of methoxy groups -OCH3 is 1. The van der Waals surface area contributed by atoms with E-state index in [9.17, 15) is 4.79 Å². The third-order valence-corrected chi connectivity index (χ3v) is 3.92. The van der Waals surface area contributed by atoms with E-state index in [0.717, 1.165) is 21.1 Å². The number of hydrazone groups is 1. The number of carbonyl (C=O) groups excluding carboxylic acids is 1. The molecule has 0 saturated heterocycles. The highest BCUT2D eigenvalue weighted by molar-refractivity contribution is 9.10. The van der Waals surface area contributed by atoms with Crippen molar-refractivity contribution in [3.8, 4) is 5.75 Å². The maximum Gasteiger partial charge on any atom is 0.260 e. The van der Waals surface area contributed by atoms with Gasteiger partial charge in [-0.25, -0.2) is 10.4 Å². The number of halogens is 1. The molecule has 1 heterocycles. The molecule has 0 spiro atoms. The first kappa shape index (κ1) is 16.2. The number of aromatic nitrogens is 2. The van der Waals surface area contributed by atoms with Crippen molar-refractivity contribution in [2.24, 2.45) is 5.10 Å². The fourth-order valence-corrected chi connectivity index (χ4v) is 2.69. The lowest BCUT2D eigenvalue weighted by Crippen LogP contribution is -2.22. The standard InChI is InChI=1S/C17H15BrN4O2/c1-24-16-7-6-13(18)8-12(16)9-20-21-17(23)10-22-11-19-14-4-2-3-5-15(14)22/h2-9,11H,10H2,1H3,(H,21,23). The van der Waals surface area contributed by atoms with E-state index < -0.39 is 0 Å². The Morgan fingerprint density at radius 3 is 3.04 bits per heavy atom. The van der Waals surface area contributed by atoms with E-state index in [0.29, 0.717) is 5.75 Å². The molecule has 24 heavy (non-hydrogen) atoms. The first-order valence-electron chi connectivity index (χ1n) is 7.22. The average molecular weight is 387 g/mol. The maximum absolute atomic E-state index is 12.1. The predicted octanol–water partition coefficient (Wildman–Crippen LogP) is 2.96. The average Bonchev–Trinajstić information content (AvgIpc) is 2.98. The second-order valence-electron chi connectivity index (χ2n) is 5.04. The summed E-state index contributed by atoms with van der Waals surface area (Å²) in [5, 5.41) is 3.99. The number of hydrogen-bond donors (Lipinski definition) is 1. The Balaban J connectivity index is 1.66. The van der Waals surface area contributed by atoms with Gasteiger partial charge in [0.05, 0.1) is 30.7 Å². The van der Waals surface area contributed by atoms with Gasteiger partial charge in [-0.3, -0.25) is 4.79 Å². The molecule has 0 fully saturated rings. The summed E-state index contributed by atoms with van der Waals surface area (Å²) in [7, 11) is 1.59. The van der Waals surface area contributed by atoms with Gasteiger partial charge in [0.25, 0.3) is 5.91 Å². The highest BCUT2D eigenvalue weighted by Gasteiger charge is 2.06. The number of fused-ring (bicyclic) bond motifs is 1. The Labute approximate surface area is 147 Å². The number of amides is 1. The number of imidazole rings is 1. The zero-order valence-electron chi connectivity index (χ0n) is 12.9. The van der Waals surface area contributed by atoms with Gasteiger partial charge in [0.1, 0.15) is 12.3 Å². The topological polar surface area (TPSA) is 68.5 Å². The fourth-order valence-electron chi connectivity index (χ4n) is 2.31. The number of carbonyl (C=O) groups is 1. The molecule has 1 amide bonds. The molecule has 1 N–H and O–H groups in total. The highest BCUT2D eigenvalue weighted by Crippen LogP contribution is 2.21. The normalized spacial score (nSPS) is 11.1. The maximum atomic E-state index is 12.1. The van der Waals surface area contributed by atoms with Gasteiger partial charge >= 0.3 is 0 Å². The zero-order valence-corrected chi connectivity index (χ0v) is 14.5. The molecule has 1 aromatic heterocycles. The molecule has 0 aliphatic carbocycles. The van der Waals surface area contributed by atoms with Crippen LogP contribution in [0.1, 0.15) is 5.56 Å². The van der Waals surface area contributed by atoms with Gasteiger partial charge in [0.15, 0.2) is 0 Å². The molecule has 0 aliphatic heterocycles. The van der Waals surface area contributed by atoms with E-state index in [-0.39, 0.29) is 12.5 Å². The van der Waals surface area contributed by atoms with Gasteiger partial charge in [-0.15, -0.1) is 0 Å². The number of ether oxygens (including phenoxy) is 1. The van der Waals surface area contributed by atoms with Crippen LogP contribution in [0.15, 0.2) is 58.4 Å². The van der Waals surface area contributed by atoms with Gasteiger partial charge in [-0.2, -0.15) is 5.10 Å². The van der Waals surface area contributed by atoms with Crippen molar-refractivity contribution in [3.05, 3.63) is 58.8 Å². The largest absolute Gasteiger partial charge is 0.496 e. The van der Waals surface area contributed by atoms with Crippen LogP contribution in [-0.2, 0) is 11.3 Å². The first-order chi connectivity index (χ1) is 11.7. The molecular formula is C17H15BrN4O2. The number of hydrogen-bond acceptors (Lipinski definition) is 4. The fraction of sp³-hybridized carbons (Fsp3) is 0.118. The van der Waals surface area contributed by atoms with Crippen LogP contribution in [0.2, 0.25) is 0 Å². The molecule has 6 nitrogen and oxygen atoms in total. The molecule has 0 radical (unpaired) electrons. The lowest BCUT2D eigenvalue weighted by molar-refractivity contribution is -0.121. The number of rotatable bonds is 5. The number of para-hydroxylation sites is 2. The first-order valence-corrected chi connectivity index (χ1v) is 8.02. The summed E-state index contributed by atoms with van der Waals surface area (Å²) in [6.07, 6.45) is 3.19. The summed E-state index contributed by atoms with van der Waals surface area (Å²) in [4.78, 5) is 16.3.